The van der Waals surface area contributed by atoms with Gasteiger partial charge < -0.3 is 0 Å². The van der Waals surface area contributed by atoms with Crippen LogP contribution in [0.5, 0.6) is 0 Å². The Morgan fingerprint density at radius 3 is 2.57 bits per heavy atom. The zero-order valence-corrected chi connectivity index (χ0v) is 12.2. The van der Waals surface area contributed by atoms with Crippen molar-refractivity contribution in [3.63, 3.8) is 0 Å². The minimum absolute atomic E-state index is 0.202. The van der Waals surface area contributed by atoms with Gasteiger partial charge in [0.05, 0.1) is 5.33 Å². The summed E-state index contributed by atoms with van der Waals surface area (Å²) in [6.45, 7) is 0. The Morgan fingerprint density at radius 1 is 1.29 bits per heavy atom. The van der Waals surface area contributed by atoms with Gasteiger partial charge in [-0.3, -0.25) is 4.79 Å². The third kappa shape index (κ3) is 3.48. The molecule has 1 rings (SSSR count). The van der Waals surface area contributed by atoms with E-state index >= 15 is 0 Å². The second-order valence-electron chi connectivity index (χ2n) is 2.91. The van der Waals surface area contributed by atoms with E-state index in [-0.39, 0.29) is 5.78 Å². The molecule has 76 valence electrons. The summed E-state index contributed by atoms with van der Waals surface area (Å²) in [5.41, 5.74) is 2.23. The topological polar surface area (TPSA) is 17.1 Å². The summed E-state index contributed by atoms with van der Waals surface area (Å²) in [6, 6.07) is 5.99. The largest absolute Gasteiger partial charge is 0.298 e. The Bertz CT molecular complexity index is 336. The SMILES string of the molecule is O=C(CBr)Cc1ccc(Br)c(CBr)c1. The van der Waals surface area contributed by atoms with Gasteiger partial charge in [-0.05, 0) is 17.2 Å². The highest BCUT2D eigenvalue weighted by Crippen LogP contribution is 2.21. The zero-order chi connectivity index (χ0) is 10.6. The van der Waals surface area contributed by atoms with Crippen molar-refractivity contribution in [2.75, 3.05) is 5.33 Å². The molecule has 0 unspecified atom stereocenters. The van der Waals surface area contributed by atoms with Gasteiger partial charge in [0.15, 0.2) is 0 Å². The molecule has 0 heterocycles. The van der Waals surface area contributed by atoms with Crippen LogP contribution in [0.4, 0.5) is 0 Å². The van der Waals surface area contributed by atoms with Crippen LogP contribution >= 0.6 is 47.8 Å². The van der Waals surface area contributed by atoms with E-state index < -0.39 is 0 Å². The fourth-order valence-electron chi connectivity index (χ4n) is 1.12. The van der Waals surface area contributed by atoms with Gasteiger partial charge in [0.2, 0.25) is 0 Å². The second-order valence-corrected chi connectivity index (χ2v) is 4.88. The highest BCUT2D eigenvalue weighted by molar-refractivity contribution is 9.10. The number of benzene rings is 1. The Labute approximate surface area is 109 Å². The number of rotatable bonds is 4. The first-order valence-corrected chi connectivity index (χ1v) is 7.12. The molecule has 0 amide bonds. The monoisotopic (exact) mass is 382 g/mol. The fraction of sp³-hybridized carbons (Fsp3) is 0.300. The van der Waals surface area contributed by atoms with Crippen molar-refractivity contribution < 1.29 is 4.79 Å². The molecule has 1 aromatic carbocycles. The lowest BCUT2D eigenvalue weighted by molar-refractivity contribution is -0.115. The second kappa shape index (κ2) is 6.03. The van der Waals surface area contributed by atoms with Crippen molar-refractivity contribution in [1.82, 2.24) is 0 Å². The number of carbonyl (C=O) groups excluding carboxylic acids is 1. The van der Waals surface area contributed by atoms with Crippen LogP contribution in [0.3, 0.4) is 0 Å². The number of hydrogen-bond acceptors (Lipinski definition) is 1. The van der Waals surface area contributed by atoms with E-state index in [9.17, 15) is 4.79 Å². The summed E-state index contributed by atoms with van der Waals surface area (Å²) in [5, 5.41) is 1.22. The van der Waals surface area contributed by atoms with Gasteiger partial charge in [-0.1, -0.05) is 59.9 Å². The van der Waals surface area contributed by atoms with Crippen molar-refractivity contribution in [1.29, 1.82) is 0 Å². The lowest BCUT2D eigenvalue weighted by Gasteiger charge is -2.04. The molecule has 1 nitrogen and oxygen atoms in total. The number of halogens is 3. The first kappa shape index (κ1) is 12.4. The first-order valence-electron chi connectivity index (χ1n) is 4.08. The molecule has 0 radical (unpaired) electrons. The number of alkyl halides is 2. The maximum Gasteiger partial charge on any atom is 0.147 e. The van der Waals surface area contributed by atoms with Gasteiger partial charge >= 0.3 is 0 Å². The molecule has 0 N–H and O–H groups in total. The summed E-state index contributed by atoms with van der Waals surface area (Å²) in [6.07, 6.45) is 0.499. The van der Waals surface area contributed by atoms with Gasteiger partial charge in [0, 0.05) is 16.2 Å². The number of Topliss-reactive ketones (excluding diaryl/α,β-unsaturated/α-hetero) is 1. The van der Waals surface area contributed by atoms with Crippen LogP contribution in [-0.2, 0) is 16.5 Å². The smallest absolute Gasteiger partial charge is 0.147 e. The Hall–Kier alpha value is 0.330. The summed E-state index contributed by atoms with van der Waals surface area (Å²) >= 11 is 10.0. The van der Waals surface area contributed by atoms with Crippen LogP contribution in [0.1, 0.15) is 11.1 Å². The van der Waals surface area contributed by atoms with E-state index in [2.05, 4.69) is 47.8 Å². The third-order valence-corrected chi connectivity index (χ3v) is 3.81. The molecule has 0 aliphatic rings. The minimum atomic E-state index is 0.202. The minimum Gasteiger partial charge on any atom is -0.298 e. The molecule has 0 saturated heterocycles. The van der Waals surface area contributed by atoms with E-state index in [1.165, 1.54) is 5.56 Å². The normalized spacial score (nSPS) is 10.2. The molecule has 0 bridgehead atoms. The zero-order valence-electron chi connectivity index (χ0n) is 7.40. The van der Waals surface area contributed by atoms with Crippen molar-refractivity contribution >= 4 is 53.6 Å². The van der Waals surface area contributed by atoms with Crippen LogP contribution in [0, 0.1) is 0 Å². The van der Waals surface area contributed by atoms with Gasteiger partial charge in [-0.2, -0.15) is 0 Å². The summed E-state index contributed by atoms with van der Waals surface area (Å²) in [5.74, 6) is 0.202. The van der Waals surface area contributed by atoms with Crippen LogP contribution in [0.15, 0.2) is 22.7 Å². The van der Waals surface area contributed by atoms with Gasteiger partial charge in [0.1, 0.15) is 5.78 Å². The molecule has 0 aliphatic heterocycles. The fourth-order valence-corrected chi connectivity index (χ4v) is 2.54. The molecule has 0 aliphatic carbocycles. The highest BCUT2D eigenvalue weighted by Gasteiger charge is 2.04. The number of carbonyl (C=O) groups is 1. The molecular formula is C10H9Br3O. The Balaban J connectivity index is 2.84. The average molecular weight is 385 g/mol. The standard InChI is InChI=1S/C10H9Br3O/c11-5-8-3-7(1-2-10(8)13)4-9(14)6-12/h1-3H,4-6H2. The molecule has 0 aromatic heterocycles. The van der Waals surface area contributed by atoms with Crippen LogP contribution in [0.25, 0.3) is 0 Å². The predicted molar refractivity (Wildman–Crippen MR) is 69.3 cm³/mol. The van der Waals surface area contributed by atoms with Crippen LogP contribution in [0.2, 0.25) is 0 Å². The molecule has 4 heteroatoms. The molecule has 0 saturated carbocycles. The predicted octanol–water partition coefficient (Wildman–Crippen LogP) is 3.85. The van der Waals surface area contributed by atoms with E-state index in [1.807, 2.05) is 18.2 Å². The van der Waals surface area contributed by atoms with Gasteiger partial charge in [-0.25, -0.2) is 0 Å². The molecule has 0 spiro atoms. The highest BCUT2D eigenvalue weighted by atomic mass is 79.9. The molecule has 14 heavy (non-hydrogen) atoms. The molecule has 0 fully saturated rings. The van der Waals surface area contributed by atoms with E-state index in [0.717, 1.165) is 15.4 Å². The van der Waals surface area contributed by atoms with E-state index in [0.29, 0.717) is 11.8 Å². The Kier molecular flexibility index (Phi) is 5.34. The maximum absolute atomic E-state index is 11.2. The van der Waals surface area contributed by atoms with Crippen molar-refractivity contribution in [3.8, 4) is 0 Å². The third-order valence-electron chi connectivity index (χ3n) is 1.80. The quantitative estimate of drug-likeness (QED) is 0.721. The number of hydrogen-bond donors (Lipinski definition) is 0. The lowest BCUT2D eigenvalue weighted by Crippen LogP contribution is -2.03. The molecular weight excluding hydrogens is 376 g/mol. The van der Waals surface area contributed by atoms with E-state index in [4.69, 9.17) is 0 Å². The molecule has 0 atom stereocenters. The van der Waals surface area contributed by atoms with Crippen molar-refractivity contribution in [3.05, 3.63) is 33.8 Å². The summed E-state index contributed by atoms with van der Waals surface area (Å²) < 4.78 is 1.07. The Morgan fingerprint density at radius 2 is 2.00 bits per heavy atom. The first-order chi connectivity index (χ1) is 6.67. The van der Waals surface area contributed by atoms with Gasteiger partial charge in [0.25, 0.3) is 0 Å². The number of ketones is 1. The van der Waals surface area contributed by atoms with Crippen molar-refractivity contribution in [2.45, 2.75) is 11.8 Å². The van der Waals surface area contributed by atoms with Gasteiger partial charge in [-0.15, -0.1) is 0 Å². The van der Waals surface area contributed by atoms with Crippen molar-refractivity contribution in [2.24, 2.45) is 0 Å². The van der Waals surface area contributed by atoms with Crippen LogP contribution in [-0.4, -0.2) is 11.1 Å². The summed E-state index contributed by atoms with van der Waals surface area (Å²) in [7, 11) is 0. The van der Waals surface area contributed by atoms with E-state index in [1.54, 1.807) is 0 Å². The average Bonchev–Trinajstić information content (AvgIpc) is 2.20. The lowest BCUT2D eigenvalue weighted by atomic mass is 10.1. The molecule has 1 aromatic rings. The summed E-state index contributed by atoms with van der Waals surface area (Å²) in [4.78, 5) is 11.2. The maximum atomic E-state index is 11.2. The van der Waals surface area contributed by atoms with Crippen LogP contribution < -0.4 is 0 Å².